The molecule has 0 saturated carbocycles. The molecule has 2 aliphatic carbocycles. The van der Waals surface area contributed by atoms with Crippen molar-refractivity contribution in [1.29, 1.82) is 0 Å². The molecular weight excluding hydrogens is 388 g/mol. The largest absolute Gasteiger partial charge is 0.458 e. The second-order valence-electron chi connectivity index (χ2n) is 6.82. The maximum Gasteiger partial charge on any atom is 0.238 e. The Kier molecular flexibility index (Phi) is 5.31. The first-order chi connectivity index (χ1) is 12.5. The predicted octanol–water partition coefficient (Wildman–Crippen LogP) is 1.95. The van der Waals surface area contributed by atoms with Gasteiger partial charge in [0.25, 0.3) is 0 Å². The molecule has 7 nitrogen and oxygen atoms in total. The fourth-order valence-corrected chi connectivity index (χ4v) is 4.31. The molecule has 0 radical (unpaired) electrons. The van der Waals surface area contributed by atoms with Crippen molar-refractivity contribution in [2.45, 2.75) is 42.9 Å². The Morgan fingerprint density at radius 2 is 1.93 bits per heavy atom. The van der Waals surface area contributed by atoms with Crippen molar-refractivity contribution in [1.82, 2.24) is 4.72 Å². The molecule has 0 fully saturated rings. The zero-order chi connectivity index (χ0) is 19.8. The summed E-state index contributed by atoms with van der Waals surface area (Å²) < 4.78 is 55.5. The predicted molar refractivity (Wildman–Crippen MR) is 103 cm³/mol. The van der Waals surface area contributed by atoms with Crippen LogP contribution in [-0.2, 0) is 20.0 Å². The summed E-state index contributed by atoms with van der Waals surface area (Å²) in [4.78, 5) is -0.0198. The molecule has 0 aliphatic heterocycles. The van der Waals surface area contributed by atoms with Crippen LogP contribution in [0.3, 0.4) is 0 Å². The number of sulfonamides is 2. The second-order valence-corrected chi connectivity index (χ2v) is 10.6. The van der Waals surface area contributed by atoms with Gasteiger partial charge in [-0.1, -0.05) is 12.1 Å². The highest BCUT2D eigenvalue weighted by molar-refractivity contribution is 7.90. The van der Waals surface area contributed by atoms with Crippen molar-refractivity contribution >= 4 is 20.0 Å². The van der Waals surface area contributed by atoms with Crippen LogP contribution < -0.4 is 14.6 Å². The zero-order valence-corrected chi connectivity index (χ0v) is 16.7. The van der Waals surface area contributed by atoms with Crippen LogP contribution in [0.2, 0.25) is 0 Å². The fourth-order valence-electron chi connectivity index (χ4n) is 2.91. The van der Waals surface area contributed by atoms with Gasteiger partial charge in [-0.25, -0.2) is 26.7 Å². The average molecular weight is 411 g/mol. The number of primary sulfonamides is 1. The second kappa shape index (κ2) is 7.23. The van der Waals surface area contributed by atoms with Gasteiger partial charge in [-0.05, 0) is 62.1 Å². The summed E-state index contributed by atoms with van der Waals surface area (Å²) >= 11 is 0. The van der Waals surface area contributed by atoms with Gasteiger partial charge in [0.1, 0.15) is 11.5 Å². The summed E-state index contributed by atoms with van der Waals surface area (Å²) in [5.41, 5.74) is 2.07. The lowest BCUT2D eigenvalue weighted by Crippen LogP contribution is -2.37. The van der Waals surface area contributed by atoms with E-state index in [4.69, 9.17) is 9.88 Å². The maximum atomic E-state index is 12.1. The van der Waals surface area contributed by atoms with Gasteiger partial charge in [-0.15, -0.1) is 0 Å². The minimum Gasteiger partial charge on any atom is -0.458 e. The third-order valence-electron chi connectivity index (χ3n) is 4.40. The Labute approximate surface area is 159 Å². The number of nitrogens with one attached hydrogen (secondary N) is 1. The van der Waals surface area contributed by atoms with Crippen molar-refractivity contribution in [2.75, 3.05) is 0 Å². The van der Waals surface area contributed by atoms with E-state index in [0.717, 1.165) is 11.1 Å². The van der Waals surface area contributed by atoms with Gasteiger partial charge in [-0.2, -0.15) is 0 Å². The molecule has 1 atom stereocenters. The molecule has 0 aromatic heterocycles. The highest BCUT2D eigenvalue weighted by Gasteiger charge is 2.27. The van der Waals surface area contributed by atoms with Crippen LogP contribution in [0, 0.1) is 0 Å². The molecule has 27 heavy (non-hydrogen) atoms. The SMILES string of the molecule is CC(C)S(=O)(=O)N[C@@H]1C=C2CC=C(Oc3cccc(S(N)(=O)=O)c3)C=C2C1. The molecule has 3 N–H and O–H groups in total. The van der Waals surface area contributed by atoms with Gasteiger partial charge >= 0.3 is 0 Å². The van der Waals surface area contributed by atoms with E-state index in [1.54, 1.807) is 26.0 Å². The molecule has 3 rings (SSSR count). The first-order valence-corrected chi connectivity index (χ1v) is 11.6. The molecule has 0 spiro atoms. The van der Waals surface area contributed by atoms with Gasteiger partial charge < -0.3 is 4.74 Å². The summed E-state index contributed by atoms with van der Waals surface area (Å²) in [6, 6.07) is 5.71. The number of benzene rings is 1. The third kappa shape index (κ3) is 4.67. The van der Waals surface area contributed by atoms with Crippen LogP contribution in [0.25, 0.3) is 0 Å². The average Bonchev–Trinajstić information content (AvgIpc) is 2.95. The number of rotatable bonds is 6. The van der Waals surface area contributed by atoms with Crippen molar-refractivity contribution in [3.05, 3.63) is 59.4 Å². The highest BCUT2D eigenvalue weighted by Crippen LogP contribution is 2.34. The van der Waals surface area contributed by atoms with E-state index in [9.17, 15) is 16.8 Å². The Morgan fingerprint density at radius 1 is 1.19 bits per heavy atom. The van der Waals surface area contributed by atoms with Crippen molar-refractivity contribution in [3.63, 3.8) is 0 Å². The Morgan fingerprint density at radius 3 is 2.59 bits per heavy atom. The number of nitrogens with two attached hydrogens (primary N) is 1. The summed E-state index contributed by atoms with van der Waals surface area (Å²) in [7, 11) is -7.15. The quantitative estimate of drug-likeness (QED) is 0.744. The number of fused-ring (bicyclic) bond motifs is 1. The first-order valence-electron chi connectivity index (χ1n) is 8.48. The van der Waals surface area contributed by atoms with Crippen molar-refractivity contribution in [3.8, 4) is 5.75 Å². The monoisotopic (exact) mass is 410 g/mol. The molecule has 1 aromatic rings. The van der Waals surface area contributed by atoms with Crippen molar-refractivity contribution in [2.24, 2.45) is 5.14 Å². The lowest BCUT2D eigenvalue weighted by atomic mass is 10.00. The van der Waals surface area contributed by atoms with Gasteiger partial charge in [0.05, 0.1) is 10.1 Å². The van der Waals surface area contributed by atoms with Crippen molar-refractivity contribution < 1.29 is 21.6 Å². The molecular formula is C18H22N2O5S2. The summed E-state index contributed by atoms with van der Waals surface area (Å²) in [5.74, 6) is 0.952. The molecule has 0 amide bonds. The number of ether oxygens (including phenoxy) is 1. The van der Waals surface area contributed by atoms with Gasteiger partial charge in [0.15, 0.2) is 0 Å². The minimum atomic E-state index is -3.80. The summed E-state index contributed by atoms with van der Waals surface area (Å²) in [6.45, 7) is 3.28. The Hall–Kier alpha value is -1.94. The molecule has 0 heterocycles. The van der Waals surface area contributed by atoms with Crippen LogP contribution in [-0.4, -0.2) is 28.1 Å². The van der Waals surface area contributed by atoms with Crippen LogP contribution >= 0.6 is 0 Å². The van der Waals surface area contributed by atoms with E-state index in [1.807, 2.05) is 18.2 Å². The highest BCUT2D eigenvalue weighted by atomic mass is 32.2. The lowest BCUT2D eigenvalue weighted by Gasteiger charge is -2.15. The van der Waals surface area contributed by atoms with Gasteiger partial charge in [-0.3, -0.25) is 0 Å². The number of hydrogen-bond donors (Lipinski definition) is 2. The third-order valence-corrected chi connectivity index (χ3v) is 7.18. The normalized spacial score (nSPS) is 20.0. The van der Waals surface area contributed by atoms with Crippen LogP contribution in [0.4, 0.5) is 0 Å². The van der Waals surface area contributed by atoms with E-state index in [-0.39, 0.29) is 10.9 Å². The van der Waals surface area contributed by atoms with E-state index in [0.29, 0.717) is 24.4 Å². The molecule has 0 saturated heterocycles. The van der Waals surface area contributed by atoms with Gasteiger partial charge in [0, 0.05) is 12.1 Å². The molecule has 0 bridgehead atoms. The fraction of sp³-hybridized carbons (Fsp3) is 0.333. The van der Waals surface area contributed by atoms with E-state index < -0.39 is 25.3 Å². The smallest absolute Gasteiger partial charge is 0.238 e. The van der Waals surface area contributed by atoms with E-state index in [2.05, 4.69) is 4.72 Å². The molecule has 9 heteroatoms. The van der Waals surface area contributed by atoms with Crippen LogP contribution in [0.1, 0.15) is 26.7 Å². The van der Waals surface area contributed by atoms with E-state index in [1.165, 1.54) is 12.1 Å². The minimum absolute atomic E-state index is 0.0198. The topological polar surface area (TPSA) is 116 Å². The van der Waals surface area contributed by atoms with Crippen LogP contribution in [0.5, 0.6) is 5.75 Å². The Bertz CT molecular complexity index is 1050. The first kappa shape index (κ1) is 19.8. The lowest BCUT2D eigenvalue weighted by molar-refractivity contribution is 0.438. The molecule has 0 unspecified atom stereocenters. The molecule has 2 aliphatic rings. The van der Waals surface area contributed by atoms with E-state index >= 15 is 0 Å². The zero-order valence-electron chi connectivity index (χ0n) is 15.0. The standard InChI is InChI=1S/C18H22N2O5S2/c1-12(2)27(23,24)20-15-8-13-6-7-17(10-14(13)9-15)25-16-4-3-5-18(11-16)26(19,21)22/h3-5,7-8,10-12,15,20H,6,9H2,1-2H3,(H2,19,21,22)/t15-/m1/s1. The molecule has 146 valence electrons. The summed E-state index contributed by atoms with van der Waals surface area (Å²) in [6.07, 6.45) is 6.83. The Balaban J connectivity index is 1.72. The van der Waals surface area contributed by atoms with Crippen LogP contribution in [0.15, 0.2) is 64.3 Å². The maximum absolute atomic E-state index is 12.1. The van der Waals surface area contributed by atoms with Gasteiger partial charge in [0.2, 0.25) is 20.0 Å². The number of hydrogen-bond acceptors (Lipinski definition) is 5. The molecule has 1 aromatic carbocycles. The number of allylic oxidation sites excluding steroid dienone is 3. The summed E-state index contributed by atoms with van der Waals surface area (Å²) in [5, 5.41) is 4.65.